The smallest absolute Gasteiger partial charge is 0.261 e. The lowest BCUT2D eigenvalue weighted by Gasteiger charge is -2.30. The highest BCUT2D eigenvalue weighted by molar-refractivity contribution is 9.10. The van der Waals surface area contributed by atoms with Gasteiger partial charge in [0.2, 0.25) is 5.91 Å². The van der Waals surface area contributed by atoms with Crippen LogP contribution < -0.4 is 14.8 Å². The van der Waals surface area contributed by atoms with E-state index in [9.17, 15) is 9.59 Å². The number of hydrogen-bond donors (Lipinski definition) is 1. The Hall–Kier alpha value is -2.25. The van der Waals surface area contributed by atoms with Gasteiger partial charge in [-0.2, -0.15) is 0 Å². The molecule has 0 heterocycles. The normalized spacial score (nSPS) is 11.5. The molecule has 0 spiro atoms. The molecule has 0 aliphatic carbocycles. The van der Waals surface area contributed by atoms with Gasteiger partial charge in [0.1, 0.15) is 17.5 Å². The third kappa shape index (κ3) is 6.37. The summed E-state index contributed by atoms with van der Waals surface area (Å²) in [6, 6.07) is 11.8. The van der Waals surface area contributed by atoms with Crippen LogP contribution in [0.2, 0.25) is 5.02 Å². The Morgan fingerprint density at radius 2 is 2.00 bits per heavy atom. The predicted molar refractivity (Wildman–Crippen MR) is 116 cm³/mol. The summed E-state index contributed by atoms with van der Waals surface area (Å²) in [6.45, 7) is 1.91. The average molecular weight is 484 g/mol. The summed E-state index contributed by atoms with van der Waals surface area (Å²) in [5.41, 5.74) is 0.854. The number of amides is 2. The average Bonchev–Trinajstić information content (AvgIpc) is 2.72. The fourth-order valence-corrected chi connectivity index (χ4v) is 3.67. The zero-order chi connectivity index (χ0) is 21.4. The highest BCUT2D eigenvalue weighted by atomic mass is 79.9. The van der Waals surface area contributed by atoms with Crippen LogP contribution in [0.5, 0.6) is 11.5 Å². The maximum Gasteiger partial charge on any atom is 0.261 e. The quantitative estimate of drug-likeness (QED) is 0.584. The second-order valence-corrected chi connectivity index (χ2v) is 7.57. The van der Waals surface area contributed by atoms with E-state index in [4.69, 9.17) is 21.1 Å². The number of hydrogen-bond acceptors (Lipinski definition) is 4. The van der Waals surface area contributed by atoms with E-state index in [1.54, 1.807) is 32.4 Å². The molecule has 0 saturated carbocycles. The molecule has 0 saturated heterocycles. The molecule has 2 amide bonds. The Labute approximate surface area is 184 Å². The molecular formula is C21H24BrClN2O4. The van der Waals surface area contributed by atoms with Gasteiger partial charge in [0.05, 0.1) is 11.6 Å². The highest BCUT2D eigenvalue weighted by Gasteiger charge is 2.28. The third-order valence-corrected chi connectivity index (χ3v) is 5.22. The van der Waals surface area contributed by atoms with E-state index in [0.717, 1.165) is 5.56 Å². The van der Waals surface area contributed by atoms with Crippen molar-refractivity contribution in [1.82, 2.24) is 10.2 Å². The molecule has 8 heteroatoms. The van der Waals surface area contributed by atoms with Gasteiger partial charge in [0, 0.05) is 18.6 Å². The predicted octanol–water partition coefficient (Wildman–Crippen LogP) is 4.04. The molecule has 0 aliphatic rings. The number of carbonyl (C=O) groups is 2. The fraction of sp³-hybridized carbons (Fsp3) is 0.333. The van der Waals surface area contributed by atoms with Crippen molar-refractivity contribution in [1.29, 1.82) is 0 Å². The van der Waals surface area contributed by atoms with Crippen molar-refractivity contribution in [2.45, 2.75) is 25.9 Å². The Kier molecular flexibility index (Phi) is 8.79. The van der Waals surface area contributed by atoms with Crippen LogP contribution in [-0.4, -0.2) is 43.5 Å². The number of ether oxygens (including phenoxy) is 2. The summed E-state index contributed by atoms with van der Waals surface area (Å²) in [5, 5.41) is 3.18. The van der Waals surface area contributed by atoms with E-state index in [-0.39, 0.29) is 25.0 Å². The molecule has 1 N–H and O–H groups in total. The molecule has 2 rings (SSSR count). The first-order chi connectivity index (χ1) is 13.9. The summed E-state index contributed by atoms with van der Waals surface area (Å²) >= 11 is 9.31. The van der Waals surface area contributed by atoms with Crippen molar-refractivity contribution in [3.05, 3.63) is 57.5 Å². The number of carbonyl (C=O) groups excluding carboxylic acids is 2. The van der Waals surface area contributed by atoms with E-state index in [1.165, 1.54) is 4.90 Å². The SMILES string of the molecule is CCC(C(=O)NC)N(Cc1cccc(OC)c1)C(=O)COc1ccc(Cl)cc1Br. The van der Waals surface area contributed by atoms with Crippen LogP contribution in [0.4, 0.5) is 0 Å². The Morgan fingerprint density at radius 1 is 1.24 bits per heavy atom. The summed E-state index contributed by atoms with van der Waals surface area (Å²) in [5.74, 6) is 0.655. The summed E-state index contributed by atoms with van der Waals surface area (Å²) in [6.07, 6.45) is 0.472. The van der Waals surface area contributed by atoms with Gasteiger partial charge in [-0.05, 0) is 58.2 Å². The van der Waals surface area contributed by atoms with Gasteiger partial charge < -0.3 is 19.7 Å². The molecule has 6 nitrogen and oxygen atoms in total. The van der Waals surface area contributed by atoms with Gasteiger partial charge in [-0.15, -0.1) is 0 Å². The molecular weight excluding hydrogens is 460 g/mol. The number of likely N-dealkylation sites (N-methyl/N-ethyl adjacent to an activating group) is 1. The molecule has 1 atom stereocenters. The lowest BCUT2D eigenvalue weighted by Crippen LogP contribution is -2.49. The van der Waals surface area contributed by atoms with Gasteiger partial charge in [0.25, 0.3) is 5.91 Å². The summed E-state index contributed by atoms with van der Waals surface area (Å²) in [4.78, 5) is 26.9. The maximum atomic E-state index is 13.0. The maximum absolute atomic E-state index is 13.0. The number of benzene rings is 2. The minimum Gasteiger partial charge on any atom is -0.497 e. The molecule has 0 fully saturated rings. The van der Waals surface area contributed by atoms with E-state index >= 15 is 0 Å². The summed E-state index contributed by atoms with van der Waals surface area (Å²) in [7, 11) is 3.14. The van der Waals surface area contributed by atoms with Crippen LogP contribution in [0.1, 0.15) is 18.9 Å². The Bertz CT molecular complexity index is 862. The highest BCUT2D eigenvalue weighted by Crippen LogP contribution is 2.28. The van der Waals surface area contributed by atoms with Crippen LogP contribution in [0.25, 0.3) is 0 Å². The first-order valence-electron chi connectivity index (χ1n) is 9.11. The van der Waals surface area contributed by atoms with Crippen molar-refractivity contribution in [2.75, 3.05) is 20.8 Å². The fourth-order valence-electron chi connectivity index (χ4n) is 2.87. The lowest BCUT2D eigenvalue weighted by atomic mass is 10.1. The van der Waals surface area contributed by atoms with Crippen molar-refractivity contribution in [3.8, 4) is 11.5 Å². The van der Waals surface area contributed by atoms with E-state index in [0.29, 0.717) is 27.4 Å². The number of halogens is 2. The topological polar surface area (TPSA) is 67.9 Å². The van der Waals surface area contributed by atoms with Crippen molar-refractivity contribution in [2.24, 2.45) is 0 Å². The Balaban J connectivity index is 2.22. The second kappa shape index (κ2) is 11.1. The molecule has 0 aromatic heterocycles. The number of methoxy groups -OCH3 is 1. The molecule has 2 aromatic rings. The third-order valence-electron chi connectivity index (χ3n) is 4.36. The van der Waals surface area contributed by atoms with Gasteiger partial charge in [-0.1, -0.05) is 30.7 Å². The van der Waals surface area contributed by atoms with Crippen LogP contribution in [0.15, 0.2) is 46.9 Å². The largest absolute Gasteiger partial charge is 0.497 e. The van der Waals surface area contributed by atoms with Gasteiger partial charge in [-0.25, -0.2) is 0 Å². The first-order valence-corrected chi connectivity index (χ1v) is 10.3. The minimum absolute atomic E-state index is 0.211. The second-order valence-electron chi connectivity index (χ2n) is 6.27. The number of rotatable bonds is 9. The lowest BCUT2D eigenvalue weighted by molar-refractivity contribution is -0.142. The number of nitrogens with zero attached hydrogens (tertiary/aromatic N) is 1. The van der Waals surface area contributed by atoms with Crippen LogP contribution in [0, 0.1) is 0 Å². The molecule has 0 radical (unpaired) electrons. The van der Waals surface area contributed by atoms with Crippen molar-refractivity contribution in [3.63, 3.8) is 0 Å². The van der Waals surface area contributed by atoms with Gasteiger partial charge >= 0.3 is 0 Å². The van der Waals surface area contributed by atoms with Gasteiger partial charge in [0.15, 0.2) is 6.61 Å². The number of nitrogens with one attached hydrogen (secondary N) is 1. The molecule has 2 aromatic carbocycles. The minimum atomic E-state index is -0.615. The molecule has 1 unspecified atom stereocenters. The summed E-state index contributed by atoms with van der Waals surface area (Å²) < 4.78 is 11.6. The van der Waals surface area contributed by atoms with Gasteiger partial charge in [-0.3, -0.25) is 9.59 Å². The van der Waals surface area contributed by atoms with Crippen LogP contribution >= 0.6 is 27.5 Å². The zero-order valence-corrected chi connectivity index (χ0v) is 18.9. The van der Waals surface area contributed by atoms with E-state index in [1.807, 2.05) is 31.2 Å². The van der Waals surface area contributed by atoms with Crippen LogP contribution in [0.3, 0.4) is 0 Å². The van der Waals surface area contributed by atoms with Crippen molar-refractivity contribution >= 4 is 39.3 Å². The zero-order valence-electron chi connectivity index (χ0n) is 16.6. The molecule has 156 valence electrons. The van der Waals surface area contributed by atoms with Crippen LogP contribution in [-0.2, 0) is 16.1 Å². The Morgan fingerprint density at radius 3 is 2.62 bits per heavy atom. The van der Waals surface area contributed by atoms with E-state index < -0.39 is 6.04 Å². The molecule has 29 heavy (non-hydrogen) atoms. The molecule has 0 bridgehead atoms. The van der Waals surface area contributed by atoms with E-state index in [2.05, 4.69) is 21.2 Å². The first kappa shape index (κ1) is 23.0. The monoisotopic (exact) mass is 482 g/mol. The standard InChI is InChI=1S/C21H24BrClN2O4/c1-4-18(21(27)24-2)25(12-14-6-5-7-16(10-14)28-3)20(26)13-29-19-9-8-15(23)11-17(19)22/h5-11,18H,4,12-13H2,1-3H3,(H,24,27). The molecule has 0 aliphatic heterocycles. The van der Waals surface area contributed by atoms with Crippen molar-refractivity contribution < 1.29 is 19.1 Å².